The Morgan fingerprint density at radius 1 is 1.11 bits per heavy atom. The molecule has 0 radical (unpaired) electrons. The van der Waals surface area contributed by atoms with Crippen molar-refractivity contribution in [2.24, 2.45) is 0 Å². The molecule has 0 saturated heterocycles. The zero-order valence-electron chi connectivity index (χ0n) is 20.3. The number of aromatic nitrogens is 2. The number of esters is 1. The summed E-state index contributed by atoms with van der Waals surface area (Å²) in [5.41, 5.74) is 2.60. The molecule has 0 bridgehead atoms. The van der Waals surface area contributed by atoms with E-state index in [0.717, 1.165) is 11.1 Å². The highest BCUT2D eigenvalue weighted by molar-refractivity contribution is 7.16. The van der Waals surface area contributed by atoms with Gasteiger partial charge in [0.05, 0.1) is 17.7 Å². The standard InChI is InChI=1S/C27H27N3O4S/c1-6-34-26(33)22-20-15-35-24(28-23(31)17-10-12-18(13-11-17)27(3,4)5)21(20)25(32)30(29-22)19-9-7-8-16(2)14-19/h7-15H,6H2,1-5H3,(H,28,31). The quantitative estimate of drug-likeness (QED) is 0.375. The maximum Gasteiger partial charge on any atom is 0.359 e. The van der Waals surface area contributed by atoms with Gasteiger partial charge in [-0.3, -0.25) is 9.59 Å². The number of hydrogen-bond acceptors (Lipinski definition) is 6. The lowest BCUT2D eigenvalue weighted by Crippen LogP contribution is -2.25. The van der Waals surface area contributed by atoms with Crippen LogP contribution >= 0.6 is 11.3 Å². The van der Waals surface area contributed by atoms with Gasteiger partial charge in [-0.1, -0.05) is 45.0 Å². The number of hydrogen-bond donors (Lipinski definition) is 1. The summed E-state index contributed by atoms with van der Waals surface area (Å²) in [5.74, 6) is -0.974. The van der Waals surface area contributed by atoms with Gasteiger partial charge in [-0.15, -0.1) is 11.3 Å². The summed E-state index contributed by atoms with van der Waals surface area (Å²) >= 11 is 1.17. The van der Waals surface area contributed by atoms with Gasteiger partial charge in [0, 0.05) is 16.3 Å². The molecule has 1 N–H and O–H groups in total. The van der Waals surface area contributed by atoms with Crippen molar-refractivity contribution in [1.29, 1.82) is 0 Å². The molecule has 0 saturated carbocycles. The molecule has 4 rings (SSSR count). The van der Waals surface area contributed by atoms with Crippen molar-refractivity contribution in [1.82, 2.24) is 9.78 Å². The van der Waals surface area contributed by atoms with E-state index in [4.69, 9.17) is 4.74 Å². The number of rotatable bonds is 5. The lowest BCUT2D eigenvalue weighted by Gasteiger charge is -2.19. The Labute approximate surface area is 207 Å². The van der Waals surface area contributed by atoms with E-state index >= 15 is 0 Å². The van der Waals surface area contributed by atoms with Gasteiger partial charge in [0.15, 0.2) is 5.69 Å². The molecule has 0 aliphatic carbocycles. The Bertz CT molecular complexity index is 1480. The van der Waals surface area contributed by atoms with Crippen molar-refractivity contribution >= 4 is 39.0 Å². The maximum absolute atomic E-state index is 13.5. The number of carbonyl (C=O) groups excluding carboxylic acids is 2. The molecule has 2 aromatic carbocycles. The molecule has 2 heterocycles. The number of nitrogens with zero attached hydrogens (tertiary/aromatic N) is 2. The second-order valence-electron chi connectivity index (χ2n) is 9.26. The summed E-state index contributed by atoms with van der Waals surface area (Å²) in [6.07, 6.45) is 0. The number of anilines is 1. The number of fused-ring (bicyclic) bond motifs is 1. The second-order valence-corrected chi connectivity index (χ2v) is 10.1. The van der Waals surface area contributed by atoms with E-state index in [9.17, 15) is 14.4 Å². The SMILES string of the molecule is CCOC(=O)c1nn(-c2cccc(C)c2)c(=O)c2c(NC(=O)c3ccc(C(C)(C)C)cc3)scc12. The monoisotopic (exact) mass is 489 g/mol. The summed E-state index contributed by atoms with van der Waals surface area (Å²) in [5, 5.41) is 9.76. The fourth-order valence-electron chi connectivity index (χ4n) is 3.72. The van der Waals surface area contributed by atoms with Crippen LogP contribution in [-0.4, -0.2) is 28.3 Å². The Morgan fingerprint density at radius 3 is 2.46 bits per heavy atom. The molecule has 0 atom stereocenters. The van der Waals surface area contributed by atoms with Crippen LogP contribution in [0.2, 0.25) is 0 Å². The average molecular weight is 490 g/mol. The van der Waals surface area contributed by atoms with Crippen LogP contribution in [0.1, 0.15) is 59.7 Å². The van der Waals surface area contributed by atoms with Gasteiger partial charge >= 0.3 is 5.97 Å². The third-order valence-corrected chi connectivity index (χ3v) is 6.50. The molecular weight excluding hydrogens is 462 g/mol. The molecule has 8 heteroatoms. The molecule has 0 fully saturated rings. The van der Waals surface area contributed by atoms with Crippen LogP contribution in [0.15, 0.2) is 58.7 Å². The minimum atomic E-state index is -0.632. The number of nitrogens with one attached hydrogen (secondary N) is 1. The lowest BCUT2D eigenvalue weighted by atomic mass is 9.87. The Kier molecular flexibility index (Phi) is 6.58. The lowest BCUT2D eigenvalue weighted by molar-refractivity contribution is 0.0520. The van der Waals surface area contributed by atoms with E-state index in [-0.39, 0.29) is 29.0 Å². The first kappa shape index (κ1) is 24.3. The van der Waals surface area contributed by atoms with Crippen molar-refractivity contribution in [3.05, 3.63) is 86.6 Å². The molecular formula is C27H27N3O4S. The highest BCUT2D eigenvalue weighted by atomic mass is 32.1. The summed E-state index contributed by atoms with van der Waals surface area (Å²) in [6, 6.07) is 14.6. The molecule has 0 spiro atoms. The smallest absolute Gasteiger partial charge is 0.359 e. The third-order valence-electron chi connectivity index (χ3n) is 5.61. The first-order valence-electron chi connectivity index (χ1n) is 11.3. The zero-order valence-corrected chi connectivity index (χ0v) is 21.2. The van der Waals surface area contributed by atoms with Gasteiger partial charge in [-0.25, -0.2) is 4.79 Å². The van der Waals surface area contributed by atoms with Crippen LogP contribution in [0.3, 0.4) is 0 Å². The minimum absolute atomic E-state index is 0.0224. The average Bonchev–Trinajstić information content (AvgIpc) is 3.23. The number of aryl methyl sites for hydroxylation is 1. The normalized spacial score (nSPS) is 11.5. The molecule has 180 valence electrons. The highest BCUT2D eigenvalue weighted by Gasteiger charge is 2.23. The van der Waals surface area contributed by atoms with Gasteiger partial charge in [-0.05, 0) is 54.7 Å². The van der Waals surface area contributed by atoms with Crippen molar-refractivity contribution in [3.8, 4) is 5.69 Å². The van der Waals surface area contributed by atoms with E-state index in [1.165, 1.54) is 16.0 Å². The molecule has 4 aromatic rings. The Morgan fingerprint density at radius 2 is 1.83 bits per heavy atom. The van der Waals surface area contributed by atoms with Gasteiger partial charge in [-0.2, -0.15) is 9.78 Å². The predicted molar refractivity (Wildman–Crippen MR) is 139 cm³/mol. The van der Waals surface area contributed by atoms with Gasteiger partial charge in [0.1, 0.15) is 5.00 Å². The predicted octanol–water partition coefficient (Wildman–Crippen LogP) is 5.48. The van der Waals surface area contributed by atoms with Crippen molar-refractivity contribution < 1.29 is 14.3 Å². The van der Waals surface area contributed by atoms with Crippen LogP contribution in [0.25, 0.3) is 16.5 Å². The number of benzene rings is 2. The van der Waals surface area contributed by atoms with Gasteiger partial charge in [0.2, 0.25) is 0 Å². The molecule has 7 nitrogen and oxygen atoms in total. The number of carbonyl (C=O) groups is 2. The molecule has 2 aromatic heterocycles. The fourth-order valence-corrected chi connectivity index (χ4v) is 4.66. The van der Waals surface area contributed by atoms with E-state index in [1.54, 1.807) is 36.6 Å². The molecule has 0 unspecified atom stereocenters. The highest BCUT2D eigenvalue weighted by Crippen LogP contribution is 2.31. The summed E-state index contributed by atoms with van der Waals surface area (Å²) < 4.78 is 6.37. The van der Waals surface area contributed by atoms with Crippen LogP contribution < -0.4 is 10.9 Å². The van der Waals surface area contributed by atoms with Crippen molar-refractivity contribution in [2.75, 3.05) is 11.9 Å². The molecule has 0 aliphatic heterocycles. The topological polar surface area (TPSA) is 90.3 Å². The first-order valence-corrected chi connectivity index (χ1v) is 12.2. The van der Waals surface area contributed by atoms with Gasteiger partial charge < -0.3 is 10.1 Å². The van der Waals surface area contributed by atoms with Crippen LogP contribution in [0.5, 0.6) is 0 Å². The maximum atomic E-state index is 13.5. The van der Waals surface area contributed by atoms with Crippen LogP contribution in [0, 0.1) is 6.92 Å². The van der Waals surface area contributed by atoms with Gasteiger partial charge in [0.25, 0.3) is 11.5 Å². The largest absolute Gasteiger partial charge is 0.461 e. The Balaban J connectivity index is 1.81. The molecule has 0 aliphatic rings. The number of ether oxygens (including phenoxy) is 1. The number of amides is 1. The minimum Gasteiger partial charge on any atom is -0.461 e. The van der Waals surface area contributed by atoms with Crippen molar-refractivity contribution in [3.63, 3.8) is 0 Å². The second kappa shape index (κ2) is 9.46. The third kappa shape index (κ3) is 4.88. The van der Waals surface area contributed by atoms with E-state index < -0.39 is 11.5 Å². The summed E-state index contributed by atoms with van der Waals surface area (Å²) in [7, 11) is 0. The Hall–Kier alpha value is -3.78. The molecule has 35 heavy (non-hydrogen) atoms. The van der Waals surface area contributed by atoms with Crippen LogP contribution in [-0.2, 0) is 10.2 Å². The van der Waals surface area contributed by atoms with Crippen molar-refractivity contribution in [2.45, 2.75) is 40.0 Å². The summed E-state index contributed by atoms with van der Waals surface area (Å²) in [6.45, 7) is 10.1. The van der Waals surface area contributed by atoms with E-state index in [0.29, 0.717) is 21.6 Å². The first-order chi connectivity index (χ1) is 16.6. The molecule has 1 amide bonds. The van der Waals surface area contributed by atoms with E-state index in [1.807, 2.05) is 31.2 Å². The fraction of sp³-hybridized carbons (Fsp3) is 0.259. The van der Waals surface area contributed by atoms with E-state index in [2.05, 4.69) is 31.2 Å². The summed E-state index contributed by atoms with van der Waals surface area (Å²) in [4.78, 5) is 39.3. The number of thiophene rings is 1. The van der Waals surface area contributed by atoms with Crippen LogP contribution in [0.4, 0.5) is 5.00 Å². The zero-order chi connectivity index (χ0) is 25.3.